The van der Waals surface area contributed by atoms with Gasteiger partial charge in [-0.3, -0.25) is 9.59 Å². The monoisotopic (exact) mass is 367 g/mol. The van der Waals surface area contributed by atoms with Gasteiger partial charge in [0.15, 0.2) is 0 Å². The van der Waals surface area contributed by atoms with Crippen molar-refractivity contribution in [1.82, 2.24) is 14.9 Å². The minimum absolute atomic E-state index is 0.128. The van der Waals surface area contributed by atoms with E-state index in [-0.39, 0.29) is 23.5 Å². The standard InChI is InChI=1S/C17H16F3N3O3/c18-17(19,20)12-2-4-15(22-10-12)26-13-5-7-23(8-6-13)16(25)11-1-3-14(24)21-9-11/h1-4,9-10,13H,5-8H2,(H,21,24). The number of halogens is 3. The van der Waals surface area contributed by atoms with Crippen molar-refractivity contribution in [3.63, 3.8) is 0 Å². The number of nitrogens with one attached hydrogen (secondary N) is 1. The average Bonchev–Trinajstić information content (AvgIpc) is 2.62. The lowest BCUT2D eigenvalue weighted by Gasteiger charge is -2.32. The lowest BCUT2D eigenvalue weighted by atomic mass is 10.1. The molecule has 2 aromatic heterocycles. The van der Waals surface area contributed by atoms with Gasteiger partial charge in [0.25, 0.3) is 5.91 Å². The van der Waals surface area contributed by atoms with Gasteiger partial charge in [-0.2, -0.15) is 13.2 Å². The summed E-state index contributed by atoms with van der Waals surface area (Å²) in [6, 6.07) is 4.88. The topological polar surface area (TPSA) is 75.3 Å². The molecule has 0 unspecified atom stereocenters. The highest BCUT2D eigenvalue weighted by Crippen LogP contribution is 2.29. The van der Waals surface area contributed by atoms with Crippen molar-refractivity contribution < 1.29 is 22.7 Å². The van der Waals surface area contributed by atoms with Crippen LogP contribution in [0, 0.1) is 0 Å². The summed E-state index contributed by atoms with van der Waals surface area (Å²) in [5.74, 6) is -0.0595. The van der Waals surface area contributed by atoms with Gasteiger partial charge < -0.3 is 14.6 Å². The number of carbonyl (C=O) groups is 1. The molecular formula is C17H16F3N3O3. The third kappa shape index (κ3) is 4.22. The summed E-state index contributed by atoms with van der Waals surface area (Å²) in [7, 11) is 0. The van der Waals surface area contributed by atoms with E-state index < -0.39 is 11.7 Å². The van der Waals surface area contributed by atoms with Gasteiger partial charge >= 0.3 is 6.18 Å². The van der Waals surface area contributed by atoms with Crippen molar-refractivity contribution >= 4 is 5.91 Å². The van der Waals surface area contributed by atoms with Crippen molar-refractivity contribution in [1.29, 1.82) is 0 Å². The molecule has 0 atom stereocenters. The van der Waals surface area contributed by atoms with Crippen LogP contribution >= 0.6 is 0 Å². The quantitative estimate of drug-likeness (QED) is 0.904. The number of alkyl halides is 3. The van der Waals surface area contributed by atoms with Crippen LogP contribution in [0.1, 0.15) is 28.8 Å². The largest absolute Gasteiger partial charge is 0.474 e. The first-order chi connectivity index (χ1) is 12.3. The number of amides is 1. The van der Waals surface area contributed by atoms with E-state index in [9.17, 15) is 22.8 Å². The summed E-state index contributed by atoms with van der Waals surface area (Å²) in [6.07, 6.45) is -1.46. The fourth-order valence-electron chi connectivity index (χ4n) is 2.69. The number of rotatable bonds is 3. The van der Waals surface area contributed by atoms with E-state index in [1.54, 1.807) is 4.90 Å². The molecule has 26 heavy (non-hydrogen) atoms. The van der Waals surface area contributed by atoms with Crippen LogP contribution in [0.15, 0.2) is 41.5 Å². The van der Waals surface area contributed by atoms with Crippen molar-refractivity contribution in [2.45, 2.75) is 25.1 Å². The maximum atomic E-state index is 12.5. The number of aromatic nitrogens is 2. The van der Waals surface area contributed by atoms with Gasteiger partial charge in [-0.1, -0.05) is 0 Å². The number of ether oxygens (including phenoxy) is 1. The molecule has 0 saturated carbocycles. The van der Waals surface area contributed by atoms with E-state index >= 15 is 0 Å². The molecule has 1 fully saturated rings. The average molecular weight is 367 g/mol. The van der Waals surface area contributed by atoms with Crippen molar-refractivity contribution in [3.8, 4) is 5.88 Å². The van der Waals surface area contributed by atoms with Crippen LogP contribution in [-0.2, 0) is 6.18 Å². The molecule has 1 amide bonds. The molecule has 3 heterocycles. The molecule has 0 radical (unpaired) electrons. The highest BCUT2D eigenvalue weighted by molar-refractivity contribution is 5.93. The van der Waals surface area contributed by atoms with Crippen molar-refractivity contribution in [2.24, 2.45) is 0 Å². The Morgan fingerprint density at radius 2 is 1.92 bits per heavy atom. The molecule has 0 aromatic carbocycles. The highest BCUT2D eigenvalue weighted by Gasteiger charge is 2.31. The van der Waals surface area contributed by atoms with Crippen LogP contribution in [-0.4, -0.2) is 40.0 Å². The second-order valence-corrected chi connectivity index (χ2v) is 5.93. The van der Waals surface area contributed by atoms with Crippen LogP contribution in [0.4, 0.5) is 13.2 Å². The van der Waals surface area contributed by atoms with Gasteiger partial charge in [-0.05, 0) is 12.1 Å². The van der Waals surface area contributed by atoms with Crippen LogP contribution in [0.25, 0.3) is 0 Å². The fourth-order valence-corrected chi connectivity index (χ4v) is 2.69. The zero-order chi connectivity index (χ0) is 18.7. The predicted octanol–water partition coefficient (Wildman–Crippen LogP) is 2.47. The Balaban J connectivity index is 1.54. The summed E-state index contributed by atoms with van der Waals surface area (Å²) in [4.78, 5) is 31.2. The Kier molecular flexibility index (Phi) is 4.97. The summed E-state index contributed by atoms with van der Waals surface area (Å²) in [5, 5.41) is 0. The van der Waals surface area contributed by atoms with Gasteiger partial charge in [0.1, 0.15) is 6.10 Å². The molecule has 0 spiro atoms. The number of nitrogens with zero attached hydrogens (tertiary/aromatic N) is 2. The predicted molar refractivity (Wildman–Crippen MR) is 85.9 cm³/mol. The lowest BCUT2D eigenvalue weighted by Crippen LogP contribution is -2.42. The Bertz CT molecular complexity index is 805. The van der Waals surface area contributed by atoms with E-state index in [4.69, 9.17) is 4.74 Å². The molecule has 0 bridgehead atoms. The summed E-state index contributed by atoms with van der Waals surface area (Å²) in [6.45, 7) is 0.895. The van der Waals surface area contributed by atoms with E-state index in [1.807, 2.05) is 0 Å². The molecule has 6 nitrogen and oxygen atoms in total. The third-order valence-electron chi connectivity index (χ3n) is 4.11. The fraction of sp³-hybridized carbons (Fsp3) is 0.353. The molecule has 9 heteroatoms. The van der Waals surface area contributed by atoms with Crippen LogP contribution in [0.5, 0.6) is 5.88 Å². The van der Waals surface area contributed by atoms with Crippen LogP contribution < -0.4 is 10.3 Å². The Morgan fingerprint density at radius 3 is 2.46 bits per heavy atom. The minimum Gasteiger partial charge on any atom is -0.474 e. The number of aromatic amines is 1. The van der Waals surface area contributed by atoms with Gasteiger partial charge in [0, 0.05) is 50.5 Å². The molecule has 1 saturated heterocycles. The number of likely N-dealkylation sites (tertiary alicyclic amines) is 1. The first kappa shape index (κ1) is 18.0. The van der Waals surface area contributed by atoms with Crippen molar-refractivity contribution in [2.75, 3.05) is 13.1 Å². The highest BCUT2D eigenvalue weighted by atomic mass is 19.4. The smallest absolute Gasteiger partial charge is 0.417 e. The van der Waals surface area contributed by atoms with E-state index in [0.717, 1.165) is 12.3 Å². The molecule has 1 aliphatic rings. The Hall–Kier alpha value is -2.84. The summed E-state index contributed by atoms with van der Waals surface area (Å²) >= 11 is 0. The summed E-state index contributed by atoms with van der Waals surface area (Å²) < 4.78 is 43.2. The molecule has 1 aliphatic heterocycles. The number of piperidine rings is 1. The van der Waals surface area contributed by atoms with E-state index in [2.05, 4.69) is 9.97 Å². The first-order valence-corrected chi connectivity index (χ1v) is 8.01. The second-order valence-electron chi connectivity index (χ2n) is 5.93. The van der Waals surface area contributed by atoms with E-state index in [1.165, 1.54) is 24.4 Å². The summed E-state index contributed by atoms with van der Waals surface area (Å²) in [5.41, 5.74) is -0.711. The number of pyridine rings is 2. The Labute approximate surface area is 146 Å². The van der Waals surface area contributed by atoms with Crippen molar-refractivity contribution in [3.05, 3.63) is 58.1 Å². The SMILES string of the molecule is O=C(c1ccc(=O)[nH]c1)N1CCC(Oc2ccc(C(F)(F)F)cn2)CC1. The third-order valence-corrected chi connectivity index (χ3v) is 4.11. The number of H-pyrrole nitrogens is 1. The first-order valence-electron chi connectivity index (χ1n) is 8.01. The zero-order valence-corrected chi connectivity index (χ0v) is 13.6. The maximum Gasteiger partial charge on any atom is 0.417 e. The maximum absolute atomic E-state index is 12.5. The Morgan fingerprint density at radius 1 is 1.19 bits per heavy atom. The lowest BCUT2D eigenvalue weighted by molar-refractivity contribution is -0.137. The molecule has 0 aliphatic carbocycles. The number of hydrogen-bond acceptors (Lipinski definition) is 4. The zero-order valence-electron chi connectivity index (χ0n) is 13.6. The van der Waals surface area contributed by atoms with Crippen LogP contribution in [0.2, 0.25) is 0 Å². The number of hydrogen-bond donors (Lipinski definition) is 1. The molecule has 138 valence electrons. The molecular weight excluding hydrogens is 351 g/mol. The van der Waals surface area contributed by atoms with Gasteiger partial charge in [0.2, 0.25) is 11.4 Å². The molecule has 3 rings (SSSR count). The normalized spacial score (nSPS) is 15.7. The van der Waals surface area contributed by atoms with Gasteiger partial charge in [0.05, 0.1) is 11.1 Å². The minimum atomic E-state index is -4.43. The van der Waals surface area contributed by atoms with Gasteiger partial charge in [-0.15, -0.1) is 0 Å². The van der Waals surface area contributed by atoms with Gasteiger partial charge in [-0.25, -0.2) is 4.98 Å². The van der Waals surface area contributed by atoms with Crippen LogP contribution in [0.3, 0.4) is 0 Å². The second kappa shape index (κ2) is 7.19. The molecule has 2 aromatic rings. The number of carbonyl (C=O) groups excluding carboxylic acids is 1. The molecule has 1 N–H and O–H groups in total. The van der Waals surface area contributed by atoms with E-state index in [0.29, 0.717) is 31.5 Å².